The number of aryl methyl sites for hydroxylation is 1. The molecular weight excluding hydrogens is 190 g/mol. The first-order chi connectivity index (χ1) is 7.13. The Morgan fingerprint density at radius 3 is 2.73 bits per heavy atom. The van der Waals surface area contributed by atoms with Crippen molar-refractivity contribution in [3.05, 3.63) is 23.3 Å². The van der Waals surface area contributed by atoms with Gasteiger partial charge in [-0.15, -0.1) is 0 Å². The highest BCUT2D eigenvalue weighted by Crippen LogP contribution is 2.20. The highest BCUT2D eigenvalue weighted by atomic mass is 16.1. The molecule has 0 aromatic carbocycles. The van der Waals surface area contributed by atoms with Crippen molar-refractivity contribution in [2.75, 3.05) is 0 Å². The number of aldehydes is 1. The smallest absolute Gasteiger partial charge is 0.152 e. The van der Waals surface area contributed by atoms with E-state index in [1.54, 1.807) is 6.20 Å². The summed E-state index contributed by atoms with van der Waals surface area (Å²) in [6, 6.07) is 0. The first kappa shape index (κ1) is 9.83. The van der Waals surface area contributed by atoms with Crippen LogP contribution in [0.5, 0.6) is 0 Å². The summed E-state index contributed by atoms with van der Waals surface area (Å²) >= 11 is 0. The summed E-state index contributed by atoms with van der Waals surface area (Å²) in [5.74, 6) is 1.09. The maximum atomic E-state index is 10.8. The Bertz CT molecular complexity index is 514. The molecule has 1 N–H and O–H groups in total. The summed E-state index contributed by atoms with van der Waals surface area (Å²) in [5.41, 5.74) is 2.22. The largest absolute Gasteiger partial charge is 0.345 e. The molecule has 0 unspecified atom stereocenters. The van der Waals surface area contributed by atoms with Gasteiger partial charge in [0.25, 0.3) is 0 Å². The maximum absolute atomic E-state index is 10.8. The fraction of sp³-hybridized carbons (Fsp3) is 0.364. The molecule has 2 rings (SSSR count). The van der Waals surface area contributed by atoms with E-state index in [1.807, 2.05) is 20.8 Å². The molecule has 0 atom stereocenters. The van der Waals surface area contributed by atoms with Crippen LogP contribution in [-0.4, -0.2) is 21.2 Å². The molecule has 0 fully saturated rings. The van der Waals surface area contributed by atoms with Crippen molar-refractivity contribution in [1.82, 2.24) is 15.0 Å². The molecule has 2 aromatic heterocycles. The van der Waals surface area contributed by atoms with Crippen LogP contribution in [-0.2, 0) is 0 Å². The van der Waals surface area contributed by atoms with Crippen molar-refractivity contribution < 1.29 is 4.79 Å². The average molecular weight is 203 g/mol. The second-order valence-corrected chi connectivity index (χ2v) is 3.91. The molecular formula is C11H13N3O. The van der Waals surface area contributed by atoms with E-state index < -0.39 is 0 Å². The van der Waals surface area contributed by atoms with Crippen LogP contribution in [0.15, 0.2) is 6.20 Å². The zero-order valence-corrected chi connectivity index (χ0v) is 9.03. The third kappa shape index (κ3) is 1.52. The van der Waals surface area contributed by atoms with Crippen molar-refractivity contribution in [2.45, 2.75) is 26.7 Å². The Hall–Kier alpha value is -1.71. The maximum Gasteiger partial charge on any atom is 0.152 e. The van der Waals surface area contributed by atoms with Gasteiger partial charge in [0.2, 0.25) is 0 Å². The summed E-state index contributed by atoms with van der Waals surface area (Å²) in [4.78, 5) is 22.5. The van der Waals surface area contributed by atoms with Gasteiger partial charge >= 0.3 is 0 Å². The van der Waals surface area contributed by atoms with Gasteiger partial charge in [0.1, 0.15) is 11.5 Å². The number of aromatic amines is 1. The molecule has 0 radical (unpaired) electrons. The van der Waals surface area contributed by atoms with Gasteiger partial charge in [-0.1, -0.05) is 13.8 Å². The SMILES string of the molecule is Cc1nc(C(C)C)nc2[nH]cc(C=O)c12. The zero-order valence-electron chi connectivity index (χ0n) is 9.03. The minimum absolute atomic E-state index is 0.288. The highest BCUT2D eigenvalue weighted by Gasteiger charge is 2.11. The van der Waals surface area contributed by atoms with Gasteiger partial charge < -0.3 is 4.98 Å². The van der Waals surface area contributed by atoms with Gasteiger partial charge in [-0.25, -0.2) is 9.97 Å². The average Bonchev–Trinajstić information content (AvgIpc) is 2.60. The number of aromatic nitrogens is 3. The van der Waals surface area contributed by atoms with Crippen LogP contribution in [0.25, 0.3) is 11.0 Å². The quantitative estimate of drug-likeness (QED) is 0.761. The van der Waals surface area contributed by atoms with E-state index in [0.29, 0.717) is 5.56 Å². The Morgan fingerprint density at radius 1 is 1.40 bits per heavy atom. The van der Waals surface area contributed by atoms with Crippen molar-refractivity contribution >= 4 is 17.3 Å². The van der Waals surface area contributed by atoms with Crippen molar-refractivity contribution in [3.63, 3.8) is 0 Å². The Morgan fingerprint density at radius 2 is 2.13 bits per heavy atom. The lowest BCUT2D eigenvalue weighted by molar-refractivity contribution is 0.112. The number of nitrogens with one attached hydrogen (secondary N) is 1. The molecule has 4 nitrogen and oxygen atoms in total. The number of fused-ring (bicyclic) bond motifs is 1. The zero-order chi connectivity index (χ0) is 11.0. The minimum Gasteiger partial charge on any atom is -0.345 e. The summed E-state index contributed by atoms with van der Waals surface area (Å²) in [6.45, 7) is 5.99. The standard InChI is InChI=1S/C11H13N3O/c1-6(2)10-13-7(3)9-8(5-15)4-12-11(9)14-10/h4-6H,1-3H3,(H,12,13,14). The molecule has 15 heavy (non-hydrogen) atoms. The Balaban J connectivity index is 2.74. The van der Waals surface area contributed by atoms with E-state index in [1.165, 1.54) is 0 Å². The molecule has 2 aromatic rings. The van der Waals surface area contributed by atoms with E-state index in [4.69, 9.17) is 0 Å². The van der Waals surface area contributed by atoms with Crippen LogP contribution < -0.4 is 0 Å². The second-order valence-electron chi connectivity index (χ2n) is 3.91. The predicted octanol–water partition coefficient (Wildman–Crippen LogP) is 2.20. The second kappa shape index (κ2) is 3.46. The number of rotatable bonds is 2. The first-order valence-corrected chi connectivity index (χ1v) is 4.94. The van der Waals surface area contributed by atoms with E-state index >= 15 is 0 Å². The number of carbonyl (C=O) groups excluding carboxylic acids is 1. The van der Waals surface area contributed by atoms with Crippen LogP contribution in [0.4, 0.5) is 0 Å². The molecule has 0 aliphatic heterocycles. The lowest BCUT2D eigenvalue weighted by Crippen LogP contribution is -2.00. The summed E-state index contributed by atoms with van der Waals surface area (Å²) in [6.07, 6.45) is 2.49. The number of nitrogens with zero attached hydrogens (tertiary/aromatic N) is 2. The number of hydrogen-bond donors (Lipinski definition) is 1. The van der Waals surface area contributed by atoms with E-state index in [-0.39, 0.29) is 5.92 Å². The van der Waals surface area contributed by atoms with Crippen LogP contribution in [0, 0.1) is 6.92 Å². The van der Waals surface area contributed by atoms with Crippen LogP contribution in [0.1, 0.15) is 41.6 Å². The molecule has 0 aliphatic rings. The topological polar surface area (TPSA) is 58.6 Å². The predicted molar refractivity (Wildman–Crippen MR) is 58.1 cm³/mol. The van der Waals surface area contributed by atoms with E-state index in [0.717, 1.165) is 28.8 Å². The lowest BCUT2D eigenvalue weighted by atomic mass is 10.1. The first-order valence-electron chi connectivity index (χ1n) is 4.94. The molecule has 0 amide bonds. The van der Waals surface area contributed by atoms with Gasteiger partial charge in [-0.2, -0.15) is 0 Å². The molecule has 0 bridgehead atoms. The molecule has 2 heterocycles. The fourth-order valence-electron chi connectivity index (χ4n) is 1.61. The lowest BCUT2D eigenvalue weighted by Gasteiger charge is -2.05. The fourth-order valence-corrected chi connectivity index (χ4v) is 1.61. The van der Waals surface area contributed by atoms with E-state index in [2.05, 4.69) is 15.0 Å². The Labute approximate surface area is 87.7 Å². The third-order valence-corrected chi connectivity index (χ3v) is 2.40. The van der Waals surface area contributed by atoms with Gasteiger partial charge in [0, 0.05) is 17.7 Å². The molecule has 0 aliphatic carbocycles. The third-order valence-electron chi connectivity index (χ3n) is 2.40. The molecule has 0 spiro atoms. The van der Waals surface area contributed by atoms with Gasteiger partial charge in [0.05, 0.1) is 11.1 Å². The van der Waals surface area contributed by atoms with Crippen LogP contribution in [0.3, 0.4) is 0 Å². The van der Waals surface area contributed by atoms with E-state index in [9.17, 15) is 4.79 Å². The molecule has 4 heteroatoms. The monoisotopic (exact) mass is 203 g/mol. The van der Waals surface area contributed by atoms with Gasteiger partial charge in [-0.3, -0.25) is 4.79 Å². The number of H-pyrrole nitrogens is 1. The summed E-state index contributed by atoms with van der Waals surface area (Å²) < 4.78 is 0. The van der Waals surface area contributed by atoms with Gasteiger partial charge in [-0.05, 0) is 6.92 Å². The Kier molecular flexibility index (Phi) is 2.26. The summed E-state index contributed by atoms with van der Waals surface area (Å²) in [7, 11) is 0. The van der Waals surface area contributed by atoms with Crippen LogP contribution in [0.2, 0.25) is 0 Å². The highest BCUT2D eigenvalue weighted by molar-refractivity contribution is 5.96. The molecule has 0 saturated heterocycles. The number of hydrogen-bond acceptors (Lipinski definition) is 3. The van der Waals surface area contributed by atoms with Crippen molar-refractivity contribution in [3.8, 4) is 0 Å². The van der Waals surface area contributed by atoms with Crippen molar-refractivity contribution in [1.29, 1.82) is 0 Å². The van der Waals surface area contributed by atoms with Gasteiger partial charge in [0.15, 0.2) is 6.29 Å². The van der Waals surface area contributed by atoms with Crippen molar-refractivity contribution in [2.24, 2.45) is 0 Å². The summed E-state index contributed by atoms with van der Waals surface area (Å²) in [5, 5.41) is 0.828. The van der Waals surface area contributed by atoms with Crippen LogP contribution >= 0.6 is 0 Å². The normalized spacial score (nSPS) is 11.2. The number of carbonyl (C=O) groups is 1. The minimum atomic E-state index is 0.288. The molecule has 0 saturated carbocycles. The molecule has 78 valence electrons.